The van der Waals surface area contributed by atoms with E-state index in [1.165, 1.54) is 24.9 Å². The molecule has 2 aromatic carbocycles. The van der Waals surface area contributed by atoms with E-state index in [9.17, 15) is 9.18 Å². The smallest absolute Gasteiger partial charge is 0.266 e. The first kappa shape index (κ1) is 22.8. The molecule has 0 saturated carbocycles. The van der Waals surface area contributed by atoms with Crippen LogP contribution in [0.25, 0.3) is 23.0 Å². The van der Waals surface area contributed by atoms with Gasteiger partial charge in [-0.15, -0.1) is 0 Å². The van der Waals surface area contributed by atoms with Crippen LogP contribution in [0.2, 0.25) is 0 Å². The number of ether oxygens (including phenoxy) is 2. The van der Waals surface area contributed by atoms with Gasteiger partial charge < -0.3 is 9.47 Å². The van der Waals surface area contributed by atoms with E-state index in [0.717, 1.165) is 25.1 Å². The van der Waals surface area contributed by atoms with Gasteiger partial charge in [-0.05, 0) is 49.2 Å². The lowest BCUT2D eigenvalue weighted by Crippen LogP contribution is -2.35. The third-order valence-electron chi connectivity index (χ3n) is 5.76. The van der Waals surface area contributed by atoms with Gasteiger partial charge in [0.05, 0.1) is 30.4 Å². The Morgan fingerprint density at radius 3 is 2.82 bits per heavy atom. The van der Waals surface area contributed by atoms with Gasteiger partial charge in [-0.2, -0.15) is 5.10 Å². The first-order chi connectivity index (χ1) is 16.5. The normalized spacial score (nSPS) is 19.4. The van der Waals surface area contributed by atoms with Crippen molar-refractivity contribution in [2.75, 3.05) is 20.3 Å². The molecule has 2 saturated heterocycles. The van der Waals surface area contributed by atoms with Crippen LogP contribution in [0.3, 0.4) is 0 Å². The van der Waals surface area contributed by atoms with Crippen molar-refractivity contribution < 1.29 is 18.7 Å². The van der Waals surface area contributed by atoms with Crippen LogP contribution in [0.4, 0.5) is 4.39 Å². The predicted molar refractivity (Wildman–Crippen MR) is 134 cm³/mol. The third kappa shape index (κ3) is 4.51. The molecule has 0 radical (unpaired) electrons. The van der Waals surface area contributed by atoms with Crippen molar-refractivity contribution in [1.82, 2.24) is 14.7 Å². The number of hydrogen-bond donors (Lipinski definition) is 0. The highest BCUT2D eigenvalue weighted by atomic mass is 32.2. The van der Waals surface area contributed by atoms with Crippen LogP contribution in [0.5, 0.6) is 5.75 Å². The lowest BCUT2D eigenvalue weighted by molar-refractivity contribution is -0.123. The van der Waals surface area contributed by atoms with E-state index < -0.39 is 5.82 Å². The number of halogens is 1. The summed E-state index contributed by atoms with van der Waals surface area (Å²) in [6.45, 7) is 1.18. The number of thiocarbonyl (C=S) groups is 1. The number of methoxy groups -OCH3 is 1. The van der Waals surface area contributed by atoms with Gasteiger partial charge >= 0.3 is 0 Å². The Bertz CT molecular complexity index is 1270. The first-order valence-electron chi connectivity index (χ1n) is 10.9. The van der Waals surface area contributed by atoms with E-state index in [4.69, 9.17) is 26.8 Å². The van der Waals surface area contributed by atoms with Gasteiger partial charge in [0.1, 0.15) is 10.0 Å². The van der Waals surface area contributed by atoms with Crippen molar-refractivity contribution in [3.8, 4) is 22.7 Å². The molecule has 6 nitrogen and oxygen atoms in total. The molecule has 1 atom stereocenters. The van der Waals surface area contributed by atoms with Crippen LogP contribution < -0.4 is 4.74 Å². The van der Waals surface area contributed by atoms with Gasteiger partial charge in [0, 0.05) is 23.9 Å². The Balaban J connectivity index is 1.53. The molecular weight excluding hydrogens is 473 g/mol. The third-order valence-corrected chi connectivity index (χ3v) is 7.14. The molecule has 0 N–H and O–H groups in total. The van der Waals surface area contributed by atoms with Crippen LogP contribution in [0.1, 0.15) is 18.4 Å². The Morgan fingerprint density at radius 1 is 1.29 bits per heavy atom. The van der Waals surface area contributed by atoms with Crippen LogP contribution >= 0.6 is 24.0 Å². The van der Waals surface area contributed by atoms with Gasteiger partial charge in [0.15, 0.2) is 11.6 Å². The molecule has 9 heteroatoms. The van der Waals surface area contributed by atoms with Crippen molar-refractivity contribution in [2.24, 2.45) is 0 Å². The molecule has 0 bridgehead atoms. The number of nitrogens with zero attached hydrogens (tertiary/aromatic N) is 3. The maximum Gasteiger partial charge on any atom is 0.266 e. The van der Waals surface area contributed by atoms with Crippen molar-refractivity contribution in [1.29, 1.82) is 0 Å². The number of para-hydroxylation sites is 1. The summed E-state index contributed by atoms with van der Waals surface area (Å²) in [6, 6.07) is 14.3. The Labute approximate surface area is 206 Å². The Hall–Kier alpha value is -3.01. The Kier molecular flexibility index (Phi) is 6.49. The van der Waals surface area contributed by atoms with Gasteiger partial charge in [0.25, 0.3) is 5.91 Å². The molecule has 5 rings (SSSR count). The second kappa shape index (κ2) is 9.69. The Morgan fingerprint density at radius 2 is 2.12 bits per heavy atom. The predicted octanol–water partition coefficient (Wildman–Crippen LogP) is 5.07. The van der Waals surface area contributed by atoms with Crippen LogP contribution in [0, 0.1) is 5.82 Å². The zero-order chi connectivity index (χ0) is 23.7. The molecule has 2 aliphatic rings. The van der Waals surface area contributed by atoms with Crippen molar-refractivity contribution in [3.05, 3.63) is 71.0 Å². The molecule has 0 spiro atoms. The summed E-state index contributed by atoms with van der Waals surface area (Å²) in [6.07, 6.45) is 5.54. The number of rotatable bonds is 6. The van der Waals surface area contributed by atoms with Gasteiger partial charge in [0.2, 0.25) is 0 Å². The van der Waals surface area contributed by atoms with Crippen molar-refractivity contribution in [3.63, 3.8) is 0 Å². The second-order valence-electron chi connectivity index (χ2n) is 7.99. The quantitative estimate of drug-likeness (QED) is 0.352. The van der Waals surface area contributed by atoms with E-state index in [-0.39, 0.29) is 17.8 Å². The topological polar surface area (TPSA) is 56.6 Å². The molecule has 34 heavy (non-hydrogen) atoms. The maximum atomic E-state index is 14.5. The molecule has 3 heterocycles. The van der Waals surface area contributed by atoms with E-state index in [2.05, 4.69) is 0 Å². The molecule has 1 amide bonds. The fourth-order valence-corrected chi connectivity index (χ4v) is 5.30. The summed E-state index contributed by atoms with van der Waals surface area (Å²) < 4.78 is 27.5. The number of hydrogen-bond acceptors (Lipinski definition) is 6. The summed E-state index contributed by atoms with van der Waals surface area (Å²) in [7, 11) is 1.42. The fourth-order valence-electron chi connectivity index (χ4n) is 4.03. The van der Waals surface area contributed by atoms with Crippen LogP contribution in [-0.4, -0.2) is 51.3 Å². The minimum Gasteiger partial charge on any atom is -0.494 e. The molecular formula is C25H22FN3O3S2. The SMILES string of the molecule is COc1ccc(-c2nn(-c3ccccc3)cc2C=C2SC(=S)N(CC3CCCO3)C2=O)cc1F. The second-order valence-corrected chi connectivity index (χ2v) is 9.67. The molecule has 3 aromatic rings. The summed E-state index contributed by atoms with van der Waals surface area (Å²) in [5.41, 5.74) is 2.67. The van der Waals surface area contributed by atoms with E-state index in [1.54, 1.807) is 27.8 Å². The summed E-state index contributed by atoms with van der Waals surface area (Å²) in [5.74, 6) is -0.476. The van der Waals surface area contributed by atoms with Gasteiger partial charge in [-0.25, -0.2) is 9.07 Å². The number of thioether (sulfide) groups is 1. The van der Waals surface area contributed by atoms with Crippen molar-refractivity contribution >= 4 is 40.3 Å². The highest BCUT2D eigenvalue weighted by Crippen LogP contribution is 2.36. The lowest BCUT2D eigenvalue weighted by atomic mass is 10.1. The minimum absolute atomic E-state index is 0.0144. The monoisotopic (exact) mass is 495 g/mol. The molecule has 0 aliphatic carbocycles. The molecule has 2 aliphatic heterocycles. The van der Waals surface area contributed by atoms with Crippen molar-refractivity contribution in [2.45, 2.75) is 18.9 Å². The molecule has 174 valence electrons. The fraction of sp³-hybridized carbons (Fsp3) is 0.240. The van der Waals surface area contributed by atoms with Gasteiger partial charge in [-0.1, -0.05) is 42.2 Å². The zero-order valence-electron chi connectivity index (χ0n) is 18.4. The molecule has 2 fully saturated rings. The minimum atomic E-state index is -0.483. The van der Waals surface area contributed by atoms with Gasteiger partial charge in [-0.3, -0.25) is 9.69 Å². The summed E-state index contributed by atoms with van der Waals surface area (Å²) >= 11 is 6.75. The lowest BCUT2D eigenvalue weighted by Gasteiger charge is -2.18. The van der Waals surface area contributed by atoms with E-state index in [0.29, 0.717) is 32.6 Å². The average Bonchev–Trinajstić information content (AvgIpc) is 3.57. The maximum absolute atomic E-state index is 14.5. The largest absolute Gasteiger partial charge is 0.494 e. The van der Waals surface area contributed by atoms with Crippen LogP contribution in [0.15, 0.2) is 59.6 Å². The summed E-state index contributed by atoms with van der Waals surface area (Å²) in [4.78, 5) is 15.3. The number of carbonyl (C=O) groups is 1. The number of amides is 1. The number of carbonyl (C=O) groups excluding carboxylic acids is 1. The number of aromatic nitrogens is 2. The highest BCUT2D eigenvalue weighted by Gasteiger charge is 2.35. The molecule has 1 aromatic heterocycles. The average molecular weight is 496 g/mol. The highest BCUT2D eigenvalue weighted by molar-refractivity contribution is 8.26. The number of benzene rings is 2. The van der Waals surface area contributed by atoms with E-state index in [1.807, 2.05) is 36.5 Å². The van der Waals surface area contributed by atoms with Crippen LogP contribution in [-0.2, 0) is 9.53 Å². The summed E-state index contributed by atoms with van der Waals surface area (Å²) in [5, 5.41) is 4.71. The zero-order valence-corrected chi connectivity index (χ0v) is 20.1. The van der Waals surface area contributed by atoms with E-state index >= 15 is 0 Å². The molecule has 1 unspecified atom stereocenters. The standard InChI is InChI=1S/C25H22FN3O3S2/c1-31-21-10-9-16(12-20(21)26)23-17(14-29(27-23)18-6-3-2-4-7-18)13-22-24(30)28(25(33)34-22)15-19-8-5-11-32-19/h2-4,6-7,9-10,12-14,19H,5,8,11,15H2,1H3. The first-order valence-corrected chi connectivity index (χ1v) is 12.1.